The highest BCUT2D eigenvalue weighted by molar-refractivity contribution is 14.1. The second-order valence-corrected chi connectivity index (χ2v) is 3.97. The van der Waals surface area contributed by atoms with Crippen molar-refractivity contribution in [1.82, 2.24) is 0 Å². The van der Waals surface area contributed by atoms with E-state index in [1.54, 1.807) is 7.11 Å². The molecule has 0 aliphatic rings. The highest BCUT2D eigenvalue weighted by Crippen LogP contribution is 2.25. The van der Waals surface area contributed by atoms with Gasteiger partial charge in [-0.1, -0.05) is 0 Å². The summed E-state index contributed by atoms with van der Waals surface area (Å²) in [6, 6.07) is 5.74. The van der Waals surface area contributed by atoms with Gasteiger partial charge in [-0.05, 0) is 40.8 Å². The summed E-state index contributed by atoms with van der Waals surface area (Å²) < 4.78 is 6.32. The van der Waals surface area contributed by atoms with Crippen molar-refractivity contribution in [2.24, 2.45) is 11.5 Å². The van der Waals surface area contributed by atoms with E-state index in [9.17, 15) is 0 Å². The van der Waals surface area contributed by atoms with Crippen LogP contribution in [0.5, 0.6) is 5.75 Å². The smallest absolute Gasteiger partial charge is 0.123 e. The van der Waals surface area contributed by atoms with Gasteiger partial charge in [0, 0.05) is 21.7 Å². The highest BCUT2D eigenvalue weighted by atomic mass is 127. The third-order valence-electron chi connectivity index (χ3n) is 1.85. The Hall–Kier alpha value is -0.330. The number of ether oxygens (including phenoxy) is 1. The summed E-state index contributed by atoms with van der Waals surface area (Å²) in [5, 5.41) is 0. The molecular weight excluding hydrogens is 279 g/mol. The molecule has 0 fully saturated rings. The second-order valence-electron chi connectivity index (χ2n) is 2.73. The second kappa shape index (κ2) is 4.78. The number of halogens is 1. The van der Waals surface area contributed by atoms with Crippen LogP contribution in [0.15, 0.2) is 18.2 Å². The lowest BCUT2D eigenvalue weighted by atomic mass is 10.1. The standard InChI is InChI=1S/C9H13IN2O/c1-13-9-3-2-6(10)4-7(9)8(12)5-11/h2-4,8H,5,11-12H2,1H3. The van der Waals surface area contributed by atoms with Crippen molar-refractivity contribution in [2.45, 2.75) is 6.04 Å². The first kappa shape index (κ1) is 10.7. The minimum absolute atomic E-state index is 0.148. The molecule has 1 atom stereocenters. The average Bonchev–Trinajstić information content (AvgIpc) is 2.16. The van der Waals surface area contributed by atoms with Crippen molar-refractivity contribution in [2.75, 3.05) is 13.7 Å². The lowest BCUT2D eigenvalue weighted by molar-refractivity contribution is 0.406. The molecule has 1 aromatic rings. The van der Waals surface area contributed by atoms with Crippen LogP contribution in [0.25, 0.3) is 0 Å². The Kier molecular flexibility index (Phi) is 3.95. The maximum atomic E-state index is 5.83. The third kappa shape index (κ3) is 2.55. The maximum absolute atomic E-state index is 5.83. The van der Waals surface area contributed by atoms with E-state index in [4.69, 9.17) is 16.2 Å². The van der Waals surface area contributed by atoms with Crippen LogP contribution in [-0.2, 0) is 0 Å². The Balaban J connectivity index is 3.07. The molecule has 3 nitrogen and oxygen atoms in total. The Morgan fingerprint density at radius 2 is 2.23 bits per heavy atom. The molecule has 0 amide bonds. The summed E-state index contributed by atoms with van der Waals surface area (Å²) in [6.07, 6.45) is 0. The Labute approximate surface area is 91.6 Å². The molecule has 0 saturated carbocycles. The Bertz CT molecular complexity index is 291. The third-order valence-corrected chi connectivity index (χ3v) is 2.52. The van der Waals surface area contributed by atoms with E-state index >= 15 is 0 Å². The highest BCUT2D eigenvalue weighted by Gasteiger charge is 2.10. The monoisotopic (exact) mass is 292 g/mol. The Morgan fingerprint density at radius 3 is 2.77 bits per heavy atom. The molecule has 0 spiro atoms. The normalized spacial score (nSPS) is 12.6. The molecule has 1 rings (SSSR count). The summed E-state index contributed by atoms with van der Waals surface area (Å²) in [6.45, 7) is 0.427. The van der Waals surface area contributed by atoms with Gasteiger partial charge in [0.15, 0.2) is 0 Å². The quantitative estimate of drug-likeness (QED) is 0.824. The zero-order valence-electron chi connectivity index (χ0n) is 7.46. The molecule has 0 saturated heterocycles. The molecule has 1 aromatic carbocycles. The lowest BCUT2D eigenvalue weighted by Crippen LogP contribution is -2.21. The van der Waals surface area contributed by atoms with Gasteiger partial charge in [0.1, 0.15) is 5.75 Å². The van der Waals surface area contributed by atoms with Crippen molar-refractivity contribution in [1.29, 1.82) is 0 Å². The first-order chi connectivity index (χ1) is 6.19. The van der Waals surface area contributed by atoms with Gasteiger partial charge in [-0.3, -0.25) is 0 Å². The molecule has 4 N–H and O–H groups in total. The molecule has 1 unspecified atom stereocenters. The zero-order chi connectivity index (χ0) is 9.84. The van der Waals surface area contributed by atoms with Crippen LogP contribution in [0.4, 0.5) is 0 Å². The van der Waals surface area contributed by atoms with Gasteiger partial charge in [0.25, 0.3) is 0 Å². The molecule has 72 valence electrons. The van der Waals surface area contributed by atoms with E-state index in [-0.39, 0.29) is 6.04 Å². The van der Waals surface area contributed by atoms with Crippen LogP contribution >= 0.6 is 22.6 Å². The Morgan fingerprint density at radius 1 is 1.54 bits per heavy atom. The topological polar surface area (TPSA) is 61.3 Å². The van der Waals surface area contributed by atoms with Crippen LogP contribution in [0.2, 0.25) is 0 Å². The number of methoxy groups -OCH3 is 1. The number of benzene rings is 1. The van der Waals surface area contributed by atoms with Crippen LogP contribution in [0.3, 0.4) is 0 Å². The SMILES string of the molecule is COc1ccc(I)cc1C(N)CN. The lowest BCUT2D eigenvalue weighted by Gasteiger charge is -2.13. The van der Waals surface area contributed by atoms with Crippen LogP contribution < -0.4 is 16.2 Å². The number of rotatable bonds is 3. The minimum atomic E-state index is -0.148. The predicted molar refractivity (Wildman–Crippen MR) is 61.7 cm³/mol. The van der Waals surface area contributed by atoms with Gasteiger partial charge in [-0.15, -0.1) is 0 Å². The summed E-state index contributed by atoms with van der Waals surface area (Å²) >= 11 is 2.24. The molecule has 0 bridgehead atoms. The fourth-order valence-electron chi connectivity index (χ4n) is 1.12. The van der Waals surface area contributed by atoms with Crippen molar-refractivity contribution >= 4 is 22.6 Å². The molecule has 0 aliphatic carbocycles. The molecule has 0 aliphatic heterocycles. The molecule has 13 heavy (non-hydrogen) atoms. The number of nitrogens with two attached hydrogens (primary N) is 2. The van der Waals surface area contributed by atoms with E-state index in [1.807, 2.05) is 18.2 Å². The fourth-order valence-corrected chi connectivity index (χ4v) is 1.64. The van der Waals surface area contributed by atoms with E-state index in [0.717, 1.165) is 14.9 Å². The summed E-state index contributed by atoms with van der Waals surface area (Å²) in [4.78, 5) is 0. The average molecular weight is 292 g/mol. The van der Waals surface area contributed by atoms with Crippen LogP contribution in [0.1, 0.15) is 11.6 Å². The first-order valence-electron chi connectivity index (χ1n) is 3.98. The summed E-state index contributed by atoms with van der Waals surface area (Å²) in [5.74, 6) is 0.804. The van der Waals surface area contributed by atoms with Crippen LogP contribution in [-0.4, -0.2) is 13.7 Å². The van der Waals surface area contributed by atoms with Gasteiger partial charge in [0.2, 0.25) is 0 Å². The number of hydrogen-bond acceptors (Lipinski definition) is 3. The molecule has 0 aromatic heterocycles. The largest absolute Gasteiger partial charge is 0.496 e. The van der Waals surface area contributed by atoms with Crippen molar-refractivity contribution < 1.29 is 4.74 Å². The molecule has 4 heteroatoms. The maximum Gasteiger partial charge on any atom is 0.123 e. The van der Waals surface area contributed by atoms with E-state index in [1.165, 1.54) is 0 Å². The van der Waals surface area contributed by atoms with Crippen molar-refractivity contribution in [3.05, 3.63) is 27.3 Å². The molecular formula is C9H13IN2O. The predicted octanol–water partition coefficient (Wildman–Crippen LogP) is 1.26. The summed E-state index contributed by atoms with van der Waals surface area (Å²) in [5.41, 5.74) is 12.3. The van der Waals surface area contributed by atoms with Gasteiger partial charge < -0.3 is 16.2 Å². The first-order valence-corrected chi connectivity index (χ1v) is 5.06. The van der Waals surface area contributed by atoms with E-state index in [0.29, 0.717) is 6.54 Å². The van der Waals surface area contributed by atoms with E-state index < -0.39 is 0 Å². The van der Waals surface area contributed by atoms with Crippen LogP contribution in [0, 0.1) is 3.57 Å². The fraction of sp³-hybridized carbons (Fsp3) is 0.333. The van der Waals surface area contributed by atoms with Gasteiger partial charge in [0.05, 0.1) is 7.11 Å². The molecule has 0 heterocycles. The summed E-state index contributed by atoms with van der Waals surface area (Å²) in [7, 11) is 1.63. The van der Waals surface area contributed by atoms with Crippen molar-refractivity contribution in [3.8, 4) is 5.75 Å². The van der Waals surface area contributed by atoms with Gasteiger partial charge in [-0.25, -0.2) is 0 Å². The van der Waals surface area contributed by atoms with E-state index in [2.05, 4.69) is 22.6 Å². The number of hydrogen-bond donors (Lipinski definition) is 2. The minimum Gasteiger partial charge on any atom is -0.496 e. The van der Waals surface area contributed by atoms with Gasteiger partial charge in [-0.2, -0.15) is 0 Å². The zero-order valence-corrected chi connectivity index (χ0v) is 9.61. The van der Waals surface area contributed by atoms with Gasteiger partial charge >= 0.3 is 0 Å². The molecule has 0 radical (unpaired) electrons. The van der Waals surface area contributed by atoms with Crippen molar-refractivity contribution in [3.63, 3.8) is 0 Å².